The zero-order chi connectivity index (χ0) is 22.9. The molecule has 0 aliphatic carbocycles. The molecule has 8 heteroatoms. The fourth-order valence-corrected chi connectivity index (χ4v) is 4.95. The van der Waals surface area contributed by atoms with Crippen LogP contribution in [0.2, 0.25) is 0 Å². The fraction of sp³-hybridized carbons (Fsp3) is 0.125. The first kappa shape index (κ1) is 21.5. The van der Waals surface area contributed by atoms with Gasteiger partial charge >= 0.3 is 0 Å². The minimum absolute atomic E-state index is 0.0517. The van der Waals surface area contributed by atoms with Gasteiger partial charge in [0.25, 0.3) is 11.6 Å². The third kappa shape index (κ3) is 3.80. The SMILES string of the molecule is COc1ccc(C2(C)S/C(=C\c3ccccc3O)C(=O)N2c2ccc([N+](=O)[O-])cc2)cc1. The quantitative estimate of drug-likeness (QED) is 0.323. The van der Waals surface area contributed by atoms with Crippen LogP contribution >= 0.6 is 11.8 Å². The van der Waals surface area contributed by atoms with Crippen LogP contribution in [0.25, 0.3) is 6.08 Å². The molecule has 1 aliphatic rings. The van der Waals surface area contributed by atoms with Gasteiger partial charge in [-0.3, -0.25) is 19.8 Å². The zero-order valence-corrected chi connectivity index (χ0v) is 18.2. The lowest BCUT2D eigenvalue weighted by atomic mass is 10.0. The Morgan fingerprint density at radius 2 is 1.72 bits per heavy atom. The van der Waals surface area contributed by atoms with Gasteiger partial charge in [-0.1, -0.05) is 42.1 Å². The highest BCUT2D eigenvalue weighted by molar-refractivity contribution is 8.05. The van der Waals surface area contributed by atoms with Crippen LogP contribution in [0, 0.1) is 10.1 Å². The number of phenolic OH excluding ortho intramolecular Hbond substituents is 1. The molecule has 1 N–H and O–H groups in total. The number of thioether (sulfide) groups is 1. The first-order chi connectivity index (χ1) is 15.3. The minimum Gasteiger partial charge on any atom is -0.507 e. The van der Waals surface area contributed by atoms with Crippen LogP contribution in [0.1, 0.15) is 18.1 Å². The second-order valence-corrected chi connectivity index (χ2v) is 8.73. The van der Waals surface area contributed by atoms with Gasteiger partial charge in [-0.25, -0.2) is 0 Å². The molecule has 1 aliphatic heterocycles. The number of ether oxygens (including phenoxy) is 1. The predicted molar refractivity (Wildman–Crippen MR) is 125 cm³/mol. The molecule has 3 aromatic carbocycles. The molecule has 0 saturated carbocycles. The van der Waals surface area contributed by atoms with Gasteiger partial charge in [0.15, 0.2) is 0 Å². The molecule has 0 bridgehead atoms. The third-order valence-corrected chi connectivity index (χ3v) is 6.65. The molecule has 1 atom stereocenters. The molecule has 0 spiro atoms. The number of anilines is 1. The number of nitrogens with zero attached hydrogens (tertiary/aromatic N) is 2. The van der Waals surface area contributed by atoms with Gasteiger partial charge in [0.1, 0.15) is 16.4 Å². The highest BCUT2D eigenvalue weighted by Gasteiger charge is 2.48. The van der Waals surface area contributed by atoms with E-state index >= 15 is 0 Å². The van der Waals surface area contributed by atoms with Crippen molar-refractivity contribution < 1.29 is 19.6 Å². The van der Waals surface area contributed by atoms with E-state index in [0.29, 0.717) is 21.9 Å². The van der Waals surface area contributed by atoms with E-state index in [1.165, 1.54) is 23.9 Å². The Labute approximate surface area is 189 Å². The number of hydrogen-bond acceptors (Lipinski definition) is 6. The maximum Gasteiger partial charge on any atom is 0.269 e. The van der Waals surface area contributed by atoms with E-state index in [9.17, 15) is 20.0 Å². The number of phenols is 1. The summed E-state index contributed by atoms with van der Waals surface area (Å²) in [6.45, 7) is 1.92. The van der Waals surface area contributed by atoms with E-state index in [-0.39, 0.29) is 17.3 Å². The summed E-state index contributed by atoms with van der Waals surface area (Å²) in [5.41, 5.74) is 1.87. The number of hydrogen-bond donors (Lipinski definition) is 1. The van der Waals surface area contributed by atoms with Crippen LogP contribution in [0.15, 0.2) is 77.7 Å². The summed E-state index contributed by atoms with van der Waals surface area (Å²) in [4.78, 5) is 25.4. The fourth-order valence-electron chi connectivity index (χ4n) is 3.62. The summed E-state index contributed by atoms with van der Waals surface area (Å²) >= 11 is 1.36. The lowest BCUT2D eigenvalue weighted by Crippen LogP contribution is -2.39. The summed E-state index contributed by atoms with van der Waals surface area (Å²) in [7, 11) is 1.58. The molecule has 0 radical (unpaired) electrons. The number of methoxy groups -OCH3 is 1. The molecule has 162 valence electrons. The van der Waals surface area contributed by atoms with Crippen molar-refractivity contribution in [3.05, 3.63) is 98.9 Å². The summed E-state index contributed by atoms with van der Waals surface area (Å²) in [5, 5.41) is 21.2. The molecule has 1 fully saturated rings. The van der Waals surface area contributed by atoms with Gasteiger partial charge in [-0.05, 0) is 48.9 Å². The predicted octanol–water partition coefficient (Wildman–Crippen LogP) is 5.30. The summed E-state index contributed by atoms with van der Waals surface area (Å²) in [5.74, 6) is 0.511. The second-order valence-electron chi connectivity index (χ2n) is 7.29. The Morgan fingerprint density at radius 3 is 2.31 bits per heavy atom. The maximum absolute atomic E-state index is 13.5. The molecule has 1 unspecified atom stereocenters. The Kier molecular flexibility index (Phi) is 5.63. The molecule has 4 rings (SSSR count). The second kappa shape index (κ2) is 8.39. The van der Waals surface area contributed by atoms with Crippen LogP contribution in [0.4, 0.5) is 11.4 Å². The van der Waals surface area contributed by atoms with Crippen molar-refractivity contribution in [2.24, 2.45) is 0 Å². The standard InChI is InChI=1S/C24H20N2O5S/c1-24(17-7-13-20(31-2)14-8-17)25(18-9-11-19(12-10-18)26(29)30)23(28)22(32-24)15-16-5-3-4-6-21(16)27/h3-15,27H,1-2H3/b22-15-. The van der Waals surface area contributed by atoms with Crippen molar-refractivity contribution in [3.8, 4) is 11.5 Å². The number of carbonyl (C=O) groups excluding carboxylic acids is 1. The largest absolute Gasteiger partial charge is 0.507 e. The maximum atomic E-state index is 13.5. The van der Waals surface area contributed by atoms with Gasteiger partial charge < -0.3 is 9.84 Å². The van der Waals surface area contributed by atoms with E-state index in [0.717, 1.165) is 5.56 Å². The monoisotopic (exact) mass is 448 g/mol. The average Bonchev–Trinajstić information content (AvgIpc) is 3.06. The number of non-ortho nitro benzene ring substituents is 1. The number of aromatic hydroxyl groups is 1. The van der Waals surface area contributed by atoms with E-state index in [1.54, 1.807) is 54.5 Å². The minimum atomic E-state index is -0.824. The van der Waals surface area contributed by atoms with Gasteiger partial charge in [0.2, 0.25) is 0 Å². The topological polar surface area (TPSA) is 92.9 Å². The number of nitro groups is 1. The van der Waals surface area contributed by atoms with Crippen LogP contribution < -0.4 is 9.64 Å². The van der Waals surface area contributed by atoms with E-state index in [1.807, 2.05) is 31.2 Å². The lowest BCUT2D eigenvalue weighted by molar-refractivity contribution is -0.384. The first-order valence-electron chi connectivity index (χ1n) is 9.76. The van der Waals surface area contributed by atoms with E-state index < -0.39 is 9.79 Å². The summed E-state index contributed by atoms with van der Waals surface area (Å²) in [6.07, 6.45) is 1.66. The van der Waals surface area contributed by atoms with Crippen LogP contribution in [-0.2, 0) is 9.67 Å². The number of nitro benzene ring substituents is 1. The molecule has 3 aromatic rings. The van der Waals surface area contributed by atoms with E-state index in [4.69, 9.17) is 4.74 Å². The number of amides is 1. The average molecular weight is 449 g/mol. The van der Waals surface area contributed by atoms with Gasteiger partial charge in [0.05, 0.1) is 16.9 Å². The van der Waals surface area contributed by atoms with Crippen LogP contribution in [0.3, 0.4) is 0 Å². The number of carbonyl (C=O) groups is 1. The van der Waals surface area contributed by atoms with Crippen LogP contribution in [-0.4, -0.2) is 23.0 Å². The first-order valence-corrected chi connectivity index (χ1v) is 10.6. The Hall–Kier alpha value is -3.78. The van der Waals surface area contributed by atoms with Gasteiger partial charge in [0, 0.05) is 23.4 Å². The van der Waals surface area contributed by atoms with Gasteiger partial charge in [-0.2, -0.15) is 0 Å². The Bertz CT molecular complexity index is 1210. The van der Waals surface area contributed by atoms with Crippen molar-refractivity contribution in [2.75, 3.05) is 12.0 Å². The molecule has 0 aromatic heterocycles. The molecular formula is C24H20N2O5S. The Balaban J connectivity index is 1.83. The van der Waals surface area contributed by atoms with Crippen LogP contribution in [0.5, 0.6) is 11.5 Å². The van der Waals surface area contributed by atoms with E-state index in [2.05, 4.69) is 0 Å². The molecular weight excluding hydrogens is 428 g/mol. The third-order valence-electron chi connectivity index (χ3n) is 5.32. The molecule has 1 heterocycles. The highest BCUT2D eigenvalue weighted by atomic mass is 32.2. The zero-order valence-electron chi connectivity index (χ0n) is 17.4. The molecule has 32 heavy (non-hydrogen) atoms. The number of para-hydroxylation sites is 1. The van der Waals surface area contributed by atoms with Crippen molar-refractivity contribution >= 4 is 35.1 Å². The Morgan fingerprint density at radius 1 is 1.06 bits per heavy atom. The molecule has 1 amide bonds. The lowest BCUT2D eigenvalue weighted by Gasteiger charge is -2.34. The van der Waals surface area contributed by atoms with Crippen molar-refractivity contribution in [3.63, 3.8) is 0 Å². The molecule has 7 nitrogen and oxygen atoms in total. The molecule has 1 saturated heterocycles. The van der Waals surface area contributed by atoms with Crippen molar-refractivity contribution in [1.82, 2.24) is 0 Å². The van der Waals surface area contributed by atoms with Crippen molar-refractivity contribution in [2.45, 2.75) is 11.8 Å². The smallest absolute Gasteiger partial charge is 0.269 e. The summed E-state index contributed by atoms with van der Waals surface area (Å²) < 4.78 is 5.26. The normalized spacial score (nSPS) is 19.4. The number of rotatable bonds is 5. The van der Waals surface area contributed by atoms with Gasteiger partial charge in [-0.15, -0.1) is 0 Å². The highest BCUT2D eigenvalue weighted by Crippen LogP contribution is 2.53. The number of benzene rings is 3. The summed E-state index contributed by atoms with van der Waals surface area (Å²) in [6, 6.07) is 20.1. The van der Waals surface area contributed by atoms with Crippen molar-refractivity contribution in [1.29, 1.82) is 0 Å².